The van der Waals surface area contributed by atoms with Crippen molar-refractivity contribution in [2.75, 3.05) is 0 Å². The minimum absolute atomic E-state index is 0.0152. The molecule has 1 aromatic carbocycles. The minimum atomic E-state index is -4.43. The number of hydrogen-bond acceptors (Lipinski definition) is 2. The topological polar surface area (TPSA) is 46.4 Å². The lowest BCUT2D eigenvalue weighted by atomic mass is 9.92. The second-order valence-corrected chi connectivity index (χ2v) is 6.19. The van der Waals surface area contributed by atoms with Crippen LogP contribution < -0.4 is 5.32 Å². The van der Waals surface area contributed by atoms with Gasteiger partial charge in [-0.1, -0.05) is 25.1 Å². The van der Waals surface area contributed by atoms with Gasteiger partial charge in [0.2, 0.25) is 5.91 Å². The number of halogens is 3. The third-order valence-electron chi connectivity index (χ3n) is 4.24. The first-order valence-electron chi connectivity index (χ1n) is 8.19. The molecule has 1 N–H and O–H groups in total. The summed E-state index contributed by atoms with van der Waals surface area (Å²) >= 11 is 0. The van der Waals surface area contributed by atoms with Gasteiger partial charge in [0.05, 0.1) is 5.56 Å². The summed E-state index contributed by atoms with van der Waals surface area (Å²) in [5.41, 5.74) is 1.09. The van der Waals surface area contributed by atoms with Crippen LogP contribution >= 0.6 is 0 Å². The lowest BCUT2D eigenvalue weighted by Gasteiger charge is -2.18. The molecule has 2 heterocycles. The average Bonchev–Trinajstić information content (AvgIpc) is 3.07. The van der Waals surface area contributed by atoms with E-state index in [1.165, 1.54) is 12.1 Å². The molecule has 0 spiro atoms. The molecule has 0 aliphatic carbocycles. The van der Waals surface area contributed by atoms with Gasteiger partial charge in [0, 0.05) is 31.6 Å². The fourth-order valence-corrected chi connectivity index (χ4v) is 2.91. The molecule has 3 rings (SSSR count). The van der Waals surface area contributed by atoms with Crippen molar-refractivity contribution in [3.63, 3.8) is 0 Å². The standard InChI is InChI=1S/C19H18F3N3O/c1-13(15-4-2-3-5-16(15)19(20,21)22)10-18(26)24-12-14-6-8-25-9-7-23-17(25)11-14/h2-9,11,13H,10,12H2,1H3,(H,24,26). The SMILES string of the molecule is CC(CC(=O)NCc1ccn2ccnc2c1)c1ccccc1C(F)(F)F. The number of amides is 1. The van der Waals surface area contributed by atoms with E-state index in [0.29, 0.717) is 6.54 Å². The maximum Gasteiger partial charge on any atom is 0.416 e. The van der Waals surface area contributed by atoms with Crippen LogP contribution in [0.4, 0.5) is 13.2 Å². The molecule has 0 saturated heterocycles. The summed E-state index contributed by atoms with van der Waals surface area (Å²) in [6.45, 7) is 1.93. The van der Waals surface area contributed by atoms with Crippen molar-refractivity contribution >= 4 is 11.6 Å². The van der Waals surface area contributed by atoms with Crippen molar-refractivity contribution in [2.45, 2.75) is 32.0 Å². The first kappa shape index (κ1) is 18.0. The van der Waals surface area contributed by atoms with Crippen LogP contribution in [0, 0.1) is 0 Å². The fourth-order valence-electron chi connectivity index (χ4n) is 2.91. The highest BCUT2D eigenvalue weighted by Crippen LogP contribution is 2.35. The molecule has 0 aliphatic rings. The Balaban J connectivity index is 1.63. The van der Waals surface area contributed by atoms with Crippen molar-refractivity contribution < 1.29 is 18.0 Å². The largest absolute Gasteiger partial charge is 0.416 e. The van der Waals surface area contributed by atoms with Crippen molar-refractivity contribution in [1.82, 2.24) is 14.7 Å². The van der Waals surface area contributed by atoms with Gasteiger partial charge < -0.3 is 9.72 Å². The Hall–Kier alpha value is -2.83. The Morgan fingerprint density at radius 3 is 2.77 bits per heavy atom. The van der Waals surface area contributed by atoms with Crippen molar-refractivity contribution in [1.29, 1.82) is 0 Å². The van der Waals surface area contributed by atoms with Crippen LogP contribution in [0.3, 0.4) is 0 Å². The quantitative estimate of drug-likeness (QED) is 0.742. The monoisotopic (exact) mass is 361 g/mol. The van der Waals surface area contributed by atoms with Gasteiger partial charge in [0.25, 0.3) is 0 Å². The number of aromatic nitrogens is 2. The Labute approximate surface area is 148 Å². The third kappa shape index (κ3) is 4.04. The summed E-state index contributed by atoms with van der Waals surface area (Å²) in [4.78, 5) is 16.3. The molecule has 0 bridgehead atoms. The van der Waals surface area contributed by atoms with Crippen LogP contribution in [-0.2, 0) is 17.5 Å². The van der Waals surface area contributed by atoms with E-state index in [4.69, 9.17) is 0 Å². The van der Waals surface area contributed by atoms with Gasteiger partial charge in [-0.2, -0.15) is 13.2 Å². The van der Waals surface area contributed by atoms with Crippen LogP contribution in [0.2, 0.25) is 0 Å². The maximum atomic E-state index is 13.1. The number of imidazole rings is 1. The Kier molecular flexibility index (Phi) is 4.97. The number of nitrogens with zero attached hydrogens (tertiary/aromatic N) is 2. The second-order valence-electron chi connectivity index (χ2n) is 6.19. The summed E-state index contributed by atoms with van der Waals surface area (Å²) in [5.74, 6) is -0.833. The summed E-state index contributed by atoms with van der Waals surface area (Å²) < 4.78 is 41.2. The van der Waals surface area contributed by atoms with Crippen molar-refractivity contribution in [2.24, 2.45) is 0 Å². The number of carbonyl (C=O) groups is 1. The average molecular weight is 361 g/mol. The zero-order valence-electron chi connectivity index (χ0n) is 14.1. The number of benzene rings is 1. The number of rotatable bonds is 5. The van der Waals surface area contributed by atoms with Crippen LogP contribution in [0.25, 0.3) is 5.65 Å². The molecule has 0 saturated carbocycles. The van der Waals surface area contributed by atoms with Crippen molar-refractivity contribution in [3.8, 4) is 0 Å². The molecular formula is C19H18F3N3O. The highest BCUT2D eigenvalue weighted by molar-refractivity contribution is 5.77. The normalized spacial score (nSPS) is 12.9. The minimum Gasteiger partial charge on any atom is -0.352 e. The van der Waals surface area contributed by atoms with E-state index in [0.717, 1.165) is 17.3 Å². The van der Waals surface area contributed by atoms with E-state index < -0.39 is 17.7 Å². The number of hydrogen-bond donors (Lipinski definition) is 1. The second kappa shape index (κ2) is 7.19. The highest BCUT2D eigenvalue weighted by Gasteiger charge is 2.34. The Morgan fingerprint density at radius 2 is 2.00 bits per heavy atom. The molecule has 0 aliphatic heterocycles. The van der Waals surface area contributed by atoms with Gasteiger partial charge in [-0.3, -0.25) is 4.79 Å². The summed E-state index contributed by atoms with van der Waals surface area (Å²) in [5, 5.41) is 2.76. The molecule has 2 aromatic heterocycles. The molecule has 1 amide bonds. The Bertz CT molecular complexity index is 918. The van der Waals surface area contributed by atoms with Crippen LogP contribution in [0.1, 0.15) is 36.0 Å². The first-order chi connectivity index (χ1) is 12.3. The van der Waals surface area contributed by atoms with Gasteiger partial charge in [-0.05, 0) is 35.2 Å². The van der Waals surface area contributed by atoms with E-state index in [1.54, 1.807) is 19.2 Å². The van der Waals surface area contributed by atoms with Crippen molar-refractivity contribution in [3.05, 3.63) is 71.7 Å². The van der Waals surface area contributed by atoms with E-state index >= 15 is 0 Å². The van der Waals surface area contributed by atoms with E-state index in [1.807, 2.05) is 28.9 Å². The van der Waals surface area contributed by atoms with Crippen LogP contribution in [0.15, 0.2) is 55.0 Å². The van der Waals surface area contributed by atoms with E-state index in [2.05, 4.69) is 10.3 Å². The van der Waals surface area contributed by atoms with E-state index in [-0.39, 0.29) is 17.9 Å². The number of pyridine rings is 1. The Morgan fingerprint density at radius 1 is 1.23 bits per heavy atom. The number of alkyl halides is 3. The third-order valence-corrected chi connectivity index (χ3v) is 4.24. The molecule has 1 unspecified atom stereocenters. The molecular weight excluding hydrogens is 343 g/mol. The molecule has 1 atom stereocenters. The number of fused-ring (bicyclic) bond motifs is 1. The lowest BCUT2D eigenvalue weighted by Crippen LogP contribution is -2.24. The zero-order valence-corrected chi connectivity index (χ0v) is 14.1. The lowest BCUT2D eigenvalue weighted by molar-refractivity contribution is -0.138. The summed E-state index contributed by atoms with van der Waals surface area (Å²) in [6.07, 6.45) is 0.890. The predicted octanol–water partition coefficient (Wildman–Crippen LogP) is 4.16. The molecule has 0 radical (unpaired) electrons. The maximum absolute atomic E-state index is 13.1. The first-order valence-corrected chi connectivity index (χ1v) is 8.19. The molecule has 136 valence electrons. The zero-order chi connectivity index (χ0) is 18.7. The van der Waals surface area contributed by atoms with Gasteiger partial charge in [-0.15, -0.1) is 0 Å². The van der Waals surface area contributed by atoms with Crippen LogP contribution in [0.5, 0.6) is 0 Å². The number of nitrogens with one attached hydrogen (secondary N) is 1. The molecule has 3 aromatic rings. The van der Waals surface area contributed by atoms with Gasteiger partial charge in [-0.25, -0.2) is 4.98 Å². The van der Waals surface area contributed by atoms with Gasteiger partial charge in [0.15, 0.2) is 0 Å². The molecule has 7 heteroatoms. The van der Waals surface area contributed by atoms with Gasteiger partial charge >= 0.3 is 6.18 Å². The predicted molar refractivity (Wildman–Crippen MR) is 91.5 cm³/mol. The number of carbonyl (C=O) groups excluding carboxylic acids is 1. The molecule has 26 heavy (non-hydrogen) atoms. The summed E-state index contributed by atoms with van der Waals surface area (Å²) in [7, 11) is 0. The van der Waals surface area contributed by atoms with Crippen LogP contribution in [-0.4, -0.2) is 15.3 Å². The summed E-state index contributed by atoms with van der Waals surface area (Å²) in [6, 6.07) is 9.08. The molecule has 0 fully saturated rings. The smallest absolute Gasteiger partial charge is 0.352 e. The van der Waals surface area contributed by atoms with E-state index in [9.17, 15) is 18.0 Å². The molecule has 4 nitrogen and oxygen atoms in total. The highest BCUT2D eigenvalue weighted by atomic mass is 19.4. The van der Waals surface area contributed by atoms with Gasteiger partial charge in [0.1, 0.15) is 5.65 Å². The fraction of sp³-hybridized carbons (Fsp3) is 0.263.